The van der Waals surface area contributed by atoms with Crippen LogP contribution >= 0.6 is 0 Å². The van der Waals surface area contributed by atoms with Crippen LogP contribution in [0.5, 0.6) is 0 Å². The van der Waals surface area contributed by atoms with Gasteiger partial charge in [0.25, 0.3) is 11.8 Å². The molecule has 2 aromatic rings. The van der Waals surface area contributed by atoms with Crippen LogP contribution in [0.15, 0.2) is 42.6 Å². The van der Waals surface area contributed by atoms with Crippen LogP contribution in [0.2, 0.25) is 0 Å². The third kappa shape index (κ3) is 6.02. The number of rotatable bonds is 5. The number of nitrogens with zero attached hydrogens (tertiary/aromatic N) is 2. The van der Waals surface area contributed by atoms with Crippen LogP contribution in [0.4, 0.5) is 5.82 Å². The lowest BCUT2D eigenvalue weighted by atomic mass is 10.1. The van der Waals surface area contributed by atoms with Crippen molar-refractivity contribution in [3.8, 4) is 11.8 Å². The van der Waals surface area contributed by atoms with E-state index in [1.807, 2.05) is 12.1 Å². The van der Waals surface area contributed by atoms with Crippen molar-refractivity contribution >= 4 is 17.6 Å². The van der Waals surface area contributed by atoms with Crippen LogP contribution in [0.1, 0.15) is 28.4 Å². The maximum atomic E-state index is 12.3. The Morgan fingerprint density at radius 2 is 1.74 bits per heavy atom. The molecule has 1 saturated heterocycles. The van der Waals surface area contributed by atoms with Crippen molar-refractivity contribution in [3.63, 3.8) is 0 Å². The SMILES string of the molecule is C[C@@H](O)[C@H](NC(=O)c1ccc(C#Cc2ccc(N3CCNCC3)nc2)cc1)C(=O)NO. The number of hydrogen-bond donors (Lipinski definition) is 5. The molecule has 1 fully saturated rings. The number of benzene rings is 1. The van der Waals surface area contributed by atoms with Gasteiger partial charge in [0.05, 0.1) is 6.10 Å². The number of aliphatic hydroxyl groups is 1. The highest BCUT2D eigenvalue weighted by Crippen LogP contribution is 2.12. The van der Waals surface area contributed by atoms with E-state index in [0.717, 1.165) is 37.6 Å². The van der Waals surface area contributed by atoms with E-state index in [1.165, 1.54) is 12.4 Å². The van der Waals surface area contributed by atoms with Crippen LogP contribution in [-0.4, -0.2) is 65.4 Å². The molecular formula is C22H25N5O4. The summed E-state index contributed by atoms with van der Waals surface area (Å²) in [7, 11) is 0. The first-order valence-electron chi connectivity index (χ1n) is 9.94. The predicted octanol–water partition coefficient (Wildman–Crippen LogP) is -0.124. The first-order chi connectivity index (χ1) is 15.0. The van der Waals surface area contributed by atoms with Crippen LogP contribution < -0.4 is 21.0 Å². The minimum Gasteiger partial charge on any atom is -0.391 e. The van der Waals surface area contributed by atoms with Crippen molar-refractivity contribution in [1.82, 2.24) is 21.1 Å². The Balaban J connectivity index is 1.62. The van der Waals surface area contributed by atoms with Gasteiger partial charge >= 0.3 is 0 Å². The van der Waals surface area contributed by atoms with Gasteiger partial charge in [-0.1, -0.05) is 11.8 Å². The Morgan fingerprint density at radius 3 is 2.32 bits per heavy atom. The van der Waals surface area contributed by atoms with Crippen LogP contribution in [-0.2, 0) is 4.79 Å². The summed E-state index contributed by atoms with van der Waals surface area (Å²) < 4.78 is 0. The molecule has 1 aromatic heterocycles. The number of hydroxylamine groups is 1. The molecular weight excluding hydrogens is 398 g/mol. The molecule has 1 aromatic carbocycles. The molecule has 3 rings (SSSR count). The molecule has 0 unspecified atom stereocenters. The van der Waals surface area contributed by atoms with Gasteiger partial charge < -0.3 is 20.6 Å². The average Bonchev–Trinajstić information content (AvgIpc) is 2.81. The van der Waals surface area contributed by atoms with Gasteiger partial charge in [0.1, 0.15) is 11.9 Å². The van der Waals surface area contributed by atoms with E-state index < -0.39 is 24.0 Å². The quantitative estimate of drug-likeness (QED) is 0.258. The summed E-state index contributed by atoms with van der Waals surface area (Å²) >= 11 is 0. The van der Waals surface area contributed by atoms with Gasteiger partial charge in [-0.15, -0.1) is 0 Å². The Morgan fingerprint density at radius 1 is 1.10 bits per heavy atom. The second-order valence-electron chi connectivity index (χ2n) is 7.14. The minimum atomic E-state index is -1.27. The van der Waals surface area contributed by atoms with E-state index in [9.17, 15) is 14.7 Å². The monoisotopic (exact) mass is 423 g/mol. The van der Waals surface area contributed by atoms with Crippen molar-refractivity contribution in [2.45, 2.75) is 19.1 Å². The zero-order chi connectivity index (χ0) is 22.2. The molecule has 2 amide bonds. The van der Waals surface area contributed by atoms with E-state index >= 15 is 0 Å². The molecule has 0 bridgehead atoms. The Labute approximate surface area is 180 Å². The Kier molecular flexibility index (Phi) is 7.56. The number of amides is 2. The molecule has 5 N–H and O–H groups in total. The third-order valence-corrected chi connectivity index (χ3v) is 4.85. The first kappa shape index (κ1) is 22.2. The number of carbonyl (C=O) groups excluding carboxylic acids is 2. The fraction of sp³-hybridized carbons (Fsp3) is 0.318. The molecule has 0 saturated carbocycles. The summed E-state index contributed by atoms with van der Waals surface area (Å²) in [6.45, 7) is 5.10. The largest absolute Gasteiger partial charge is 0.391 e. The molecule has 0 aliphatic carbocycles. The smallest absolute Gasteiger partial charge is 0.268 e. The van der Waals surface area contributed by atoms with Crippen molar-refractivity contribution in [3.05, 3.63) is 59.3 Å². The third-order valence-electron chi connectivity index (χ3n) is 4.85. The van der Waals surface area contributed by atoms with E-state index in [-0.39, 0.29) is 0 Å². The maximum absolute atomic E-state index is 12.3. The second-order valence-corrected chi connectivity index (χ2v) is 7.14. The zero-order valence-corrected chi connectivity index (χ0v) is 17.1. The lowest BCUT2D eigenvalue weighted by Gasteiger charge is -2.28. The molecule has 1 aliphatic heterocycles. The molecule has 31 heavy (non-hydrogen) atoms. The molecule has 9 nitrogen and oxygen atoms in total. The number of piperazine rings is 1. The number of carbonyl (C=O) groups is 2. The van der Waals surface area contributed by atoms with Crippen LogP contribution in [0.3, 0.4) is 0 Å². The Hall–Kier alpha value is -3.45. The number of hydrogen-bond acceptors (Lipinski definition) is 7. The first-order valence-corrected chi connectivity index (χ1v) is 9.94. The zero-order valence-electron chi connectivity index (χ0n) is 17.1. The number of nitrogens with one attached hydrogen (secondary N) is 3. The molecule has 0 spiro atoms. The highest BCUT2D eigenvalue weighted by Gasteiger charge is 2.25. The maximum Gasteiger partial charge on any atom is 0.268 e. The number of pyridine rings is 1. The normalized spacial score (nSPS) is 15.3. The van der Waals surface area contributed by atoms with Crippen molar-refractivity contribution in [2.75, 3.05) is 31.1 Å². The summed E-state index contributed by atoms with van der Waals surface area (Å²) in [4.78, 5) is 30.6. The van der Waals surface area contributed by atoms with E-state index in [4.69, 9.17) is 5.21 Å². The topological polar surface area (TPSA) is 127 Å². The van der Waals surface area contributed by atoms with Gasteiger partial charge in [-0.3, -0.25) is 14.8 Å². The molecule has 162 valence electrons. The fourth-order valence-electron chi connectivity index (χ4n) is 3.09. The summed E-state index contributed by atoms with van der Waals surface area (Å²) in [5.41, 5.74) is 3.22. The van der Waals surface area contributed by atoms with Crippen molar-refractivity contribution < 1.29 is 19.9 Å². The molecule has 2 atom stereocenters. The predicted molar refractivity (Wildman–Crippen MR) is 115 cm³/mol. The molecule has 2 heterocycles. The molecule has 9 heteroatoms. The van der Waals surface area contributed by atoms with Gasteiger partial charge in [-0.25, -0.2) is 10.5 Å². The highest BCUT2D eigenvalue weighted by atomic mass is 16.5. The summed E-state index contributed by atoms with van der Waals surface area (Å²) in [6, 6.07) is 9.14. The summed E-state index contributed by atoms with van der Waals surface area (Å²) in [5, 5.41) is 24.0. The molecule has 0 radical (unpaired) electrons. The molecule has 1 aliphatic rings. The fourth-order valence-corrected chi connectivity index (χ4v) is 3.09. The Bertz CT molecular complexity index is 958. The highest BCUT2D eigenvalue weighted by molar-refractivity contribution is 5.97. The lowest BCUT2D eigenvalue weighted by molar-refractivity contribution is -0.133. The van der Waals surface area contributed by atoms with Gasteiger partial charge in [-0.2, -0.15) is 0 Å². The average molecular weight is 423 g/mol. The standard InChI is InChI=1S/C22H25N5O4/c1-15(28)20(22(30)26-31)25-21(29)18-7-4-16(5-8-18)2-3-17-6-9-19(24-14-17)27-12-10-23-11-13-27/h4-9,14-15,20,23,28,31H,10-13H2,1H3,(H,25,29)(H,26,30)/t15-,20+/m1/s1. The van der Waals surface area contributed by atoms with Crippen LogP contribution in [0.25, 0.3) is 0 Å². The second kappa shape index (κ2) is 10.5. The minimum absolute atomic E-state index is 0.295. The van der Waals surface area contributed by atoms with Crippen molar-refractivity contribution in [1.29, 1.82) is 0 Å². The van der Waals surface area contributed by atoms with Gasteiger partial charge in [-0.05, 0) is 43.3 Å². The van der Waals surface area contributed by atoms with Gasteiger partial charge in [0, 0.05) is 49.1 Å². The summed E-state index contributed by atoms with van der Waals surface area (Å²) in [5.74, 6) is 5.57. The van der Waals surface area contributed by atoms with E-state index in [2.05, 4.69) is 32.4 Å². The van der Waals surface area contributed by atoms with E-state index in [1.54, 1.807) is 30.5 Å². The number of anilines is 1. The number of aliphatic hydroxyl groups excluding tert-OH is 1. The van der Waals surface area contributed by atoms with Gasteiger partial charge in [0.2, 0.25) is 0 Å². The van der Waals surface area contributed by atoms with Crippen LogP contribution in [0, 0.1) is 11.8 Å². The summed E-state index contributed by atoms with van der Waals surface area (Å²) in [6.07, 6.45) is 0.571. The van der Waals surface area contributed by atoms with Gasteiger partial charge in [0.15, 0.2) is 0 Å². The van der Waals surface area contributed by atoms with Crippen molar-refractivity contribution in [2.24, 2.45) is 0 Å². The number of aromatic nitrogens is 1. The lowest BCUT2D eigenvalue weighted by Crippen LogP contribution is -2.51. The van der Waals surface area contributed by atoms with E-state index in [0.29, 0.717) is 11.1 Å².